The van der Waals surface area contributed by atoms with E-state index >= 15 is 0 Å². The van der Waals surface area contributed by atoms with Gasteiger partial charge in [0.05, 0.1) is 18.6 Å². The summed E-state index contributed by atoms with van der Waals surface area (Å²) in [6.07, 6.45) is 2.30. The first-order chi connectivity index (χ1) is 12.5. The second-order valence-electron chi connectivity index (χ2n) is 6.18. The number of anilines is 1. The topological polar surface area (TPSA) is 89.8 Å². The number of benzene rings is 1. The first-order valence-electron chi connectivity index (χ1n) is 8.59. The number of hydrogen-bond donors (Lipinski definition) is 2. The molecule has 0 fully saturated rings. The van der Waals surface area contributed by atoms with Gasteiger partial charge in [0.25, 0.3) is 5.91 Å². The minimum absolute atomic E-state index is 0.0944. The molecule has 2 N–H and O–H groups in total. The molecule has 1 aliphatic heterocycles. The molecule has 2 aromatic rings. The van der Waals surface area contributed by atoms with Gasteiger partial charge in [-0.15, -0.1) is 0 Å². The minimum Gasteiger partial charge on any atom is -0.492 e. The van der Waals surface area contributed by atoms with Gasteiger partial charge in [-0.1, -0.05) is 0 Å². The molecule has 1 aromatic carbocycles. The number of carbonyl (C=O) groups excluding carboxylic acids is 2. The highest BCUT2D eigenvalue weighted by atomic mass is 16.5. The maximum absolute atomic E-state index is 12.5. The molecule has 3 rings (SSSR count). The van der Waals surface area contributed by atoms with E-state index in [-0.39, 0.29) is 17.8 Å². The molecule has 2 atom stereocenters. The molecule has 0 bridgehead atoms. The lowest BCUT2D eigenvalue weighted by Gasteiger charge is -2.17. The lowest BCUT2D eigenvalue weighted by Crippen LogP contribution is -2.41. The molecular weight excluding hydrogens is 336 g/mol. The molecule has 2 amide bonds. The van der Waals surface area contributed by atoms with Crippen molar-refractivity contribution in [2.75, 3.05) is 11.9 Å². The average Bonchev–Trinajstić information content (AvgIpc) is 3.23. The molecule has 1 aromatic heterocycles. The summed E-state index contributed by atoms with van der Waals surface area (Å²) < 4.78 is 16.4. The quantitative estimate of drug-likeness (QED) is 0.829. The summed E-state index contributed by atoms with van der Waals surface area (Å²) in [5.74, 6) is 0.663. The lowest BCUT2D eigenvalue weighted by atomic mass is 10.1. The largest absolute Gasteiger partial charge is 0.492 e. The van der Waals surface area contributed by atoms with Crippen molar-refractivity contribution in [3.05, 3.63) is 41.9 Å². The molecule has 7 nitrogen and oxygen atoms in total. The van der Waals surface area contributed by atoms with Crippen molar-refractivity contribution in [1.82, 2.24) is 5.32 Å². The highest BCUT2D eigenvalue weighted by Gasteiger charge is 2.24. The standard InChI is InChI=1S/C19H22N2O5/c1-4-24-17-9-13-8-11(2)26-16(13)10-14(17)21-18(22)12(3)20-19(23)15-6-5-7-25-15/h5-7,9-12H,4,8H2,1-3H3,(H,20,23)(H,21,22)/t11-,12+/m0/s1. The Kier molecular flexibility index (Phi) is 5.16. The highest BCUT2D eigenvalue weighted by Crippen LogP contribution is 2.38. The Hall–Kier alpha value is -2.96. The van der Waals surface area contributed by atoms with Crippen LogP contribution in [-0.4, -0.2) is 30.6 Å². The third kappa shape index (κ3) is 3.82. The van der Waals surface area contributed by atoms with Gasteiger partial charge in [-0.3, -0.25) is 9.59 Å². The van der Waals surface area contributed by atoms with Crippen LogP contribution < -0.4 is 20.1 Å². The zero-order chi connectivity index (χ0) is 18.7. The van der Waals surface area contributed by atoms with E-state index in [9.17, 15) is 9.59 Å². The van der Waals surface area contributed by atoms with Crippen LogP contribution in [0.4, 0.5) is 5.69 Å². The molecule has 0 saturated carbocycles. The first kappa shape index (κ1) is 17.8. The van der Waals surface area contributed by atoms with Crippen LogP contribution in [-0.2, 0) is 11.2 Å². The zero-order valence-electron chi connectivity index (χ0n) is 15.0. The van der Waals surface area contributed by atoms with Crippen molar-refractivity contribution in [1.29, 1.82) is 0 Å². The Morgan fingerprint density at radius 2 is 2.19 bits per heavy atom. The van der Waals surface area contributed by atoms with Crippen molar-refractivity contribution in [2.45, 2.75) is 39.3 Å². The van der Waals surface area contributed by atoms with E-state index in [1.54, 1.807) is 19.1 Å². The summed E-state index contributed by atoms with van der Waals surface area (Å²) in [5, 5.41) is 5.40. The van der Waals surface area contributed by atoms with E-state index in [0.717, 1.165) is 17.7 Å². The maximum Gasteiger partial charge on any atom is 0.287 e. The van der Waals surface area contributed by atoms with Crippen LogP contribution in [0.25, 0.3) is 0 Å². The summed E-state index contributed by atoms with van der Waals surface area (Å²) in [5.41, 5.74) is 1.57. The van der Waals surface area contributed by atoms with E-state index < -0.39 is 11.9 Å². The van der Waals surface area contributed by atoms with E-state index in [0.29, 0.717) is 18.0 Å². The summed E-state index contributed by atoms with van der Waals surface area (Å²) in [4.78, 5) is 24.5. The number of rotatable bonds is 6. The van der Waals surface area contributed by atoms with Gasteiger partial charge in [0.1, 0.15) is 23.6 Å². The molecule has 1 aliphatic rings. The molecule has 0 radical (unpaired) electrons. The fourth-order valence-electron chi connectivity index (χ4n) is 2.79. The molecule has 0 unspecified atom stereocenters. The van der Waals surface area contributed by atoms with Crippen LogP contribution in [0.5, 0.6) is 11.5 Å². The molecule has 7 heteroatoms. The Morgan fingerprint density at radius 3 is 2.88 bits per heavy atom. The number of nitrogens with one attached hydrogen (secondary N) is 2. The van der Waals surface area contributed by atoms with E-state index in [1.165, 1.54) is 12.3 Å². The molecule has 2 heterocycles. The number of furan rings is 1. The van der Waals surface area contributed by atoms with Gasteiger partial charge in [0.15, 0.2) is 5.76 Å². The van der Waals surface area contributed by atoms with Crippen molar-refractivity contribution in [3.8, 4) is 11.5 Å². The van der Waals surface area contributed by atoms with Gasteiger partial charge in [0, 0.05) is 18.1 Å². The maximum atomic E-state index is 12.5. The number of amides is 2. The number of carbonyl (C=O) groups is 2. The van der Waals surface area contributed by atoms with Crippen molar-refractivity contribution >= 4 is 17.5 Å². The normalized spacial score (nSPS) is 16.3. The molecular formula is C19H22N2O5. The number of fused-ring (bicyclic) bond motifs is 1. The lowest BCUT2D eigenvalue weighted by molar-refractivity contribution is -0.117. The highest BCUT2D eigenvalue weighted by molar-refractivity contribution is 6.00. The van der Waals surface area contributed by atoms with Gasteiger partial charge in [-0.2, -0.15) is 0 Å². The molecule has 0 aliphatic carbocycles. The predicted molar refractivity (Wildman–Crippen MR) is 95.7 cm³/mol. The van der Waals surface area contributed by atoms with Crippen LogP contribution >= 0.6 is 0 Å². The fraction of sp³-hybridized carbons (Fsp3) is 0.368. The Balaban J connectivity index is 1.72. The first-order valence-corrected chi connectivity index (χ1v) is 8.59. The average molecular weight is 358 g/mol. The van der Waals surface area contributed by atoms with Gasteiger partial charge in [-0.25, -0.2) is 0 Å². The van der Waals surface area contributed by atoms with Gasteiger partial charge in [0.2, 0.25) is 5.91 Å². The molecule has 138 valence electrons. The van der Waals surface area contributed by atoms with Crippen molar-refractivity contribution < 1.29 is 23.5 Å². The Morgan fingerprint density at radius 1 is 1.38 bits per heavy atom. The molecule has 26 heavy (non-hydrogen) atoms. The van der Waals surface area contributed by atoms with Crippen molar-refractivity contribution in [3.63, 3.8) is 0 Å². The van der Waals surface area contributed by atoms with Crippen LogP contribution in [0.15, 0.2) is 34.9 Å². The van der Waals surface area contributed by atoms with Crippen LogP contribution in [0, 0.1) is 0 Å². The van der Waals surface area contributed by atoms with Crippen molar-refractivity contribution in [2.24, 2.45) is 0 Å². The van der Waals surface area contributed by atoms with Crippen LogP contribution in [0.2, 0.25) is 0 Å². The monoisotopic (exact) mass is 358 g/mol. The Labute approximate surface area is 151 Å². The smallest absolute Gasteiger partial charge is 0.287 e. The van der Waals surface area contributed by atoms with Crippen LogP contribution in [0.3, 0.4) is 0 Å². The third-order valence-electron chi connectivity index (χ3n) is 4.04. The van der Waals surface area contributed by atoms with E-state index in [4.69, 9.17) is 13.9 Å². The zero-order valence-corrected chi connectivity index (χ0v) is 15.0. The predicted octanol–water partition coefficient (Wildman–Crippen LogP) is 2.76. The summed E-state index contributed by atoms with van der Waals surface area (Å²) >= 11 is 0. The third-order valence-corrected chi connectivity index (χ3v) is 4.04. The second-order valence-corrected chi connectivity index (χ2v) is 6.18. The fourth-order valence-corrected chi connectivity index (χ4v) is 2.79. The van der Waals surface area contributed by atoms with Gasteiger partial charge in [-0.05, 0) is 39.0 Å². The number of hydrogen-bond acceptors (Lipinski definition) is 5. The second kappa shape index (κ2) is 7.51. The van der Waals surface area contributed by atoms with Crippen LogP contribution in [0.1, 0.15) is 36.9 Å². The Bertz CT molecular complexity index is 801. The van der Waals surface area contributed by atoms with E-state index in [1.807, 2.05) is 19.9 Å². The summed E-state index contributed by atoms with van der Waals surface area (Å²) in [6.45, 7) is 5.94. The minimum atomic E-state index is -0.754. The van der Waals surface area contributed by atoms with E-state index in [2.05, 4.69) is 10.6 Å². The molecule has 0 spiro atoms. The summed E-state index contributed by atoms with van der Waals surface area (Å²) in [7, 11) is 0. The SMILES string of the molecule is CCOc1cc2c(cc1NC(=O)[C@@H](C)NC(=O)c1ccco1)O[C@@H](C)C2. The van der Waals surface area contributed by atoms with Gasteiger partial charge >= 0.3 is 0 Å². The molecule has 0 saturated heterocycles. The number of ether oxygens (including phenoxy) is 2. The summed E-state index contributed by atoms with van der Waals surface area (Å²) in [6, 6.07) is 6.05. The van der Waals surface area contributed by atoms with Gasteiger partial charge < -0.3 is 24.5 Å².